The zero-order valence-corrected chi connectivity index (χ0v) is 5.81. The lowest BCUT2D eigenvalue weighted by Crippen LogP contribution is -1.73. The molecule has 0 saturated heterocycles. The number of nitrogens with one attached hydrogen (secondary N) is 1. The molecule has 2 rings (SSSR count). The molecular weight excluding hydrogens is 122 g/mol. The maximum absolute atomic E-state index is 3.16. The molecule has 0 amide bonds. The average molecular weight is 130 g/mol. The van der Waals surface area contributed by atoms with Gasteiger partial charge in [-0.1, -0.05) is 12.1 Å². The van der Waals surface area contributed by atoms with Crippen LogP contribution in [0.15, 0.2) is 24.4 Å². The standard InChI is InChI=1S/C9H8N/c1-7-3-2-4-8-5-6-10-9(7)8/h2,4-6,10H,1H3. The molecule has 0 aliphatic rings. The van der Waals surface area contributed by atoms with E-state index in [1.165, 1.54) is 16.5 Å². The van der Waals surface area contributed by atoms with Gasteiger partial charge in [0.25, 0.3) is 0 Å². The van der Waals surface area contributed by atoms with E-state index in [0.717, 1.165) is 0 Å². The summed E-state index contributed by atoms with van der Waals surface area (Å²) in [4.78, 5) is 3.16. The lowest BCUT2D eigenvalue weighted by atomic mass is 10.2. The van der Waals surface area contributed by atoms with Crippen LogP contribution in [0.25, 0.3) is 10.9 Å². The van der Waals surface area contributed by atoms with E-state index < -0.39 is 0 Å². The Morgan fingerprint density at radius 3 is 3.10 bits per heavy atom. The number of fused-ring (bicyclic) bond motifs is 1. The van der Waals surface area contributed by atoms with E-state index in [1.54, 1.807) is 0 Å². The van der Waals surface area contributed by atoms with Crippen LogP contribution in [-0.2, 0) is 0 Å². The Bertz CT molecular complexity index is 346. The molecule has 0 saturated carbocycles. The second kappa shape index (κ2) is 1.87. The van der Waals surface area contributed by atoms with Gasteiger partial charge in [0.2, 0.25) is 0 Å². The Morgan fingerprint density at radius 2 is 2.30 bits per heavy atom. The predicted octanol–water partition coefficient (Wildman–Crippen LogP) is 2.28. The Hall–Kier alpha value is -1.24. The van der Waals surface area contributed by atoms with E-state index in [2.05, 4.69) is 30.1 Å². The Kier molecular flexibility index (Phi) is 1.04. The molecule has 0 spiro atoms. The third-order valence-corrected chi connectivity index (χ3v) is 1.72. The zero-order valence-electron chi connectivity index (χ0n) is 5.81. The highest BCUT2D eigenvalue weighted by Crippen LogP contribution is 2.14. The van der Waals surface area contributed by atoms with Gasteiger partial charge in [-0.3, -0.25) is 0 Å². The van der Waals surface area contributed by atoms with Crippen molar-refractivity contribution in [3.05, 3.63) is 36.0 Å². The molecule has 0 fully saturated rings. The number of hydrogen-bond acceptors (Lipinski definition) is 0. The summed E-state index contributed by atoms with van der Waals surface area (Å²) in [6.07, 6.45) is 1.95. The highest BCUT2D eigenvalue weighted by molar-refractivity contribution is 5.81. The summed E-state index contributed by atoms with van der Waals surface area (Å²) in [6, 6.07) is 9.20. The van der Waals surface area contributed by atoms with Gasteiger partial charge in [0, 0.05) is 11.7 Å². The summed E-state index contributed by atoms with van der Waals surface area (Å²) >= 11 is 0. The van der Waals surface area contributed by atoms with Crippen molar-refractivity contribution >= 4 is 10.9 Å². The van der Waals surface area contributed by atoms with Crippen LogP contribution in [0.3, 0.4) is 0 Å². The van der Waals surface area contributed by atoms with Gasteiger partial charge in [0.15, 0.2) is 0 Å². The largest absolute Gasteiger partial charge is 0.361 e. The number of aromatic amines is 1. The molecule has 10 heavy (non-hydrogen) atoms. The summed E-state index contributed by atoms with van der Waals surface area (Å²) in [5, 5.41) is 1.26. The van der Waals surface area contributed by atoms with Crippen molar-refractivity contribution in [2.75, 3.05) is 0 Å². The van der Waals surface area contributed by atoms with Gasteiger partial charge in [-0.2, -0.15) is 0 Å². The van der Waals surface area contributed by atoms with Crippen LogP contribution in [0, 0.1) is 13.0 Å². The maximum Gasteiger partial charge on any atom is 0.0489 e. The second-order valence-electron chi connectivity index (χ2n) is 2.41. The molecule has 1 heteroatoms. The van der Waals surface area contributed by atoms with Crippen LogP contribution >= 0.6 is 0 Å². The SMILES string of the molecule is Cc1[c]ccc2cc[nH]c12. The van der Waals surface area contributed by atoms with Crippen molar-refractivity contribution in [2.45, 2.75) is 6.92 Å². The molecule has 2 aromatic rings. The number of benzene rings is 1. The minimum absolute atomic E-state index is 1.18. The van der Waals surface area contributed by atoms with Gasteiger partial charge in [-0.25, -0.2) is 0 Å². The fourth-order valence-electron chi connectivity index (χ4n) is 1.17. The van der Waals surface area contributed by atoms with Crippen molar-refractivity contribution in [1.29, 1.82) is 0 Å². The quantitative estimate of drug-likeness (QED) is 0.563. The summed E-state index contributed by atoms with van der Waals surface area (Å²) in [5.74, 6) is 0. The highest BCUT2D eigenvalue weighted by atomic mass is 14.7. The Morgan fingerprint density at radius 1 is 1.40 bits per heavy atom. The number of H-pyrrole nitrogens is 1. The Labute approximate surface area is 59.7 Å². The van der Waals surface area contributed by atoms with E-state index in [1.807, 2.05) is 12.3 Å². The van der Waals surface area contributed by atoms with Crippen LogP contribution in [0.1, 0.15) is 5.56 Å². The minimum Gasteiger partial charge on any atom is -0.361 e. The van der Waals surface area contributed by atoms with Crippen LogP contribution in [0.5, 0.6) is 0 Å². The molecule has 1 aromatic heterocycles. The Balaban J connectivity index is 2.95. The number of rotatable bonds is 0. The minimum atomic E-state index is 1.18. The third kappa shape index (κ3) is 0.637. The van der Waals surface area contributed by atoms with Gasteiger partial charge in [-0.15, -0.1) is 0 Å². The summed E-state index contributed by atoms with van der Waals surface area (Å²) in [6.45, 7) is 2.05. The van der Waals surface area contributed by atoms with Crippen molar-refractivity contribution in [1.82, 2.24) is 4.98 Å². The van der Waals surface area contributed by atoms with Gasteiger partial charge in [-0.05, 0) is 30.0 Å². The monoisotopic (exact) mass is 130 g/mol. The lowest BCUT2D eigenvalue weighted by molar-refractivity contribution is 1.41. The summed E-state index contributed by atoms with van der Waals surface area (Å²) in [7, 11) is 0. The fraction of sp³-hybridized carbons (Fsp3) is 0.111. The predicted molar refractivity (Wildman–Crippen MR) is 41.9 cm³/mol. The van der Waals surface area contributed by atoms with Crippen LogP contribution in [0.2, 0.25) is 0 Å². The van der Waals surface area contributed by atoms with Gasteiger partial charge >= 0.3 is 0 Å². The maximum atomic E-state index is 3.16. The molecule has 1 nitrogen and oxygen atoms in total. The van der Waals surface area contributed by atoms with E-state index in [4.69, 9.17) is 0 Å². The number of hydrogen-bond donors (Lipinski definition) is 1. The third-order valence-electron chi connectivity index (χ3n) is 1.72. The van der Waals surface area contributed by atoms with Crippen molar-refractivity contribution in [3.8, 4) is 0 Å². The molecule has 0 unspecified atom stereocenters. The zero-order chi connectivity index (χ0) is 6.97. The molecule has 1 radical (unpaired) electrons. The number of aryl methyl sites for hydroxylation is 1. The van der Waals surface area contributed by atoms with Crippen molar-refractivity contribution in [3.63, 3.8) is 0 Å². The van der Waals surface area contributed by atoms with Crippen molar-refractivity contribution in [2.24, 2.45) is 0 Å². The van der Waals surface area contributed by atoms with Gasteiger partial charge in [0.1, 0.15) is 0 Å². The first-order valence-corrected chi connectivity index (χ1v) is 3.32. The van der Waals surface area contributed by atoms with Gasteiger partial charge in [0.05, 0.1) is 0 Å². The van der Waals surface area contributed by atoms with E-state index >= 15 is 0 Å². The van der Waals surface area contributed by atoms with Crippen LogP contribution < -0.4 is 0 Å². The molecule has 0 atom stereocenters. The molecule has 49 valence electrons. The highest BCUT2D eigenvalue weighted by Gasteiger charge is 1.94. The molecular formula is C9H8N. The smallest absolute Gasteiger partial charge is 0.0489 e. The van der Waals surface area contributed by atoms with Crippen LogP contribution in [-0.4, -0.2) is 4.98 Å². The van der Waals surface area contributed by atoms with Crippen LogP contribution in [0.4, 0.5) is 0 Å². The molecule has 1 heterocycles. The first-order chi connectivity index (χ1) is 4.88. The molecule has 1 N–H and O–H groups in total. The second-order valence-corrected chi connectivity index (χ2v) is 2.41. The molecule has 0 bridgehead atoms. The number of aromatic nitrogens is 1. The summed E-state index contributed by atoms with van der Waals surface area (Å²) < 4.78 is 0. The topological polar surface area (TPSA) is 15.8 Å². The van der Waals surface area contributed by atoms with E-state index in [0.29, 0.717) is 0 Å². The van der Waals surface area contributed by atoms with Gasteiger partial charge < -0.3 is 4.98 Å². The first kappa shape index (κ1) is 5.54. The molecule has 0 aliphatic carbocycles. The fourth-order valence-corrected chi connectivity index (χ4v) is 1.17. The average Bonchev–Trinajstić information content (AvgIpc) is 2.36. The van der Waals surface area contributed by atoms with Crippen molar-refractivity contribution < 1.29 is 0 Å². The first-order valence-electron chi connectivity index (χ1n) is 3.32. The lowest BCUT2D eigenvalue weighted by Gasteiger charge is -1.91. The van der Waals surface area contributed by atoms with E-state index in [9.17, 15) is 0 Å². The van der Waals surface area contributed by atoms with E-state index in [-0.39, 0.29) is 0 Å². The normalized spacial score (nSPS) is 10.5. The molecule has 0 aliphatic heterocycles. The molecule has 1 aromatic carbocycles. The summed E-state index contributed by atoms with van der Waals surface area (Å²) in [5.41, 5.74) is 2.38.